The van der Waals surface area contributed by atoms with Crippen LogP contribution in [0, 0.1) is 5.82 Å². The molecule has 1 aromatic heterocycles. The third-order valence-electron chi connectivity index (χ3n) is 2.29. The van der Waals surface area contributed by atoms with Crippen LogP contribution in [0.2, 0.25) is 0 Å². The Morgan fingerprint density at radius 2 is 2.07 bits per heavy atom. The number of aryl methyl sites for hydroxylation is 1. The van der Waals surface area contributed by atoms with Crippen LogP contribution >= 0.6 is 0 Å². The molecule has 0 aliphatic heterocycles. The van der Waals surface area contributed by atoms with Gasteiger partial charge in [-0.15, -0.1) is 0 Å². The van der Waals surface area contributed by atoms with Gasteiger partial charge in [0, 0.05) is 5.39 Å². The summed E-state index contributed by atoms with van der Waals surface area (Å²) in [6, 6.07) is 6.51. The number of anilines is 1. The molecule has 14 heavy (non-hydrogen) atoms. The summed E-state index contributed by atoms with van der Waals surface area (Å²) in [7, 11) is 0. The summed E-state index contributed by atoms with van der Waals surface area (Å²) in [5.41, 5.74) is 7.26. The Hall–Kier alpha value is -1.64. The zero-order valence-corrected chi connectivity index (χ0v) is 7.92. The molecule has 2 rings (SSSR count). The molecule has 0 saturated heterocycles. The first-order valence-corrected chi connectivity index (χ1v) is 4.56. The van der Waals surface area contributed by atoms with E-state index < -0.39 is 0 Å². The van der Waals surface area contributed by atoms with E-state index in [0.717, 1.165) is 12.0 Å². The number of aromatic nitrogens is 1. The molecule has 0 unspecified atom stereocenters. The minimum Gasteiger partial charge on any atom is -0.384 e. The number of benzene rings is 1. The van der Waals surface area contributed by atoms with Crippen molar-refractivity contribution < 1.29 is 4.39 Å². The minimum atomic E-state index is -0.246. The summed E-state index contributed by atoms with van der Waals surface area (Å²) >= 11 is 0. The zero-order chi connectivity index (χ0) is 10.1. The van der Waals surface area contributed by atoms with Crippen molar-refractivity contribution in [3.05, 3.63) is 35.6 Å². The van der Waals surface area contributed by atoms with Crippen molar-refractivity contribution in [2.45, 2.75) is 13.3 Å². The predicted octanol–water partition coefficient (Wildman–Crippen LogP) is 2.52. The van der Waals surface area contributed by atoms with Crippen LogP contribution in [0.1, 0.15) is 12.5 Å². The van der Waals surface area contributed by atoms with E-state index in [-0.39, 0.29) is 5.82 Å². The van der Waals surface area contributed by atoms with Gasteiger partial charge in [0.15, 0.2) is 0 Å². The van der Waals surface area contributed by atoms with Gasteiger partial charge in [-0.1, -0.05) is 13.0 Å². The fraction of sp³-hybridized carbons (Fsp3) is 0.182. The van der Waals surface area contributed by atoms with E-state index in [9.17, 15) is 4.39 Å². The Balaban J connectivity index is 2.85. The van der Waals surface area contributed by atoms with Crippen LogP contribution in [0.3, 0.4) is 0 Å². The van der Waals surface area contributed by atoms with Crippen molar-refractivity contribution in [3.8, 4) is 0 Å². The van der Waals surface area contributed by atoms with Gasteiger partial charge >= 0.3 is 0 Å². The lowest BCUT2D eigenvalue weighted by Gasteiger charge is -2.04. The molecule has 1 aromatic carbocycles. The summed E-state index contributed by atoms with van der Waals surface area (Å²) in [5, 5.41) is 0.540. The third-order valence-corrected chi connectivity index (χ3v) is 2.29. The Morgan fingerprint density at radius 1 is 1.29 bits per heavy atom. The molecular weight excluding hydrogens is 179 g/mol. The van der Waals surface area contributed by atoms with Crippen LogP contribution in [0.25, 0.3) is 10.9 Å². The number of nitrogens with zero attached hydrogens (tertiary/aromatic N) is 1. The van der Waals surface area contributed by atoms with E-state index in [1.54, 1.807) is 18.2 Å². The van der Waals surface area contributed by atoms with E-state index in [0.29, 0.717) is 16.7 Å². The van der Waals surface area contributed by atoms with Gasteiger partial charge in [0.25, 0.3) is 0 Å². The first-order chi connectivity index (χ1) is 6.72. The highest BCUT2D eigenvalue weighted by atomic mass is 19.1. The van der Waals surface area contributed by atoms with Crippen LogP contribution in [-0.2, 0) is 6.42 Å². The highest BCUT2D eigenvalue weighted by Crippen LogP contribution is 2.21. The van der Waals surface area contributed by atoms with E-state index in [1.165, 1.54) is 6.07 Å². The lowest BCUT2D eigenvalue weighted by atomic mass is 10.1. The van der Waals surface area contributed by atoms with Crippen LogP contribution < -0.4 is 5.73 Å². The maximum Gasteiger partial charge on any atom is 0.132 e. The second kappa shape index (κ2) is 3.25. The molecule has 3 heteroatoms. The molecule has 0 saturated carbocycles. The maximum atomic E-state index is 13.4. The smallest absolute Gasteiger partial charge is 0.132 e. The van der Waals surface area contributed by atoms with Crippen molar-refractivity contribution in [1.82, 2.24) is 4.98 Å². The second-order valence-electron chi connectivity index (χ2n) is 3.19. The summed E-state index contributed by atoms with van der Waals surface area (Å²) in [6.07, 6.45) is 0.827. The average Bonchev–Trinajstić information content (AvgIpc) is 2.18. The van der Waals surface area contributed by atoms with Gasteiger partial charge in [0.05, 0.1) is 5.52 Å². The van der Waals surface area contributed by atoms with E-state index in [4.69, 9.17) is 5.73 Å². The van der Waals surface area contributed by atoms with Crippen molar-refractivity contribution in [1.29, 1.82) is 0 Å². The zero-order valence-electron chi connectivity index (χ0n) is 7.92. The van der Waals surface area contributed by atoms with Crippen molar-refractivity contribution in [3.63, 3.8) is 0 Å². The molecule has 0 amide bonds. The van der Waals surface area contributed by atoms with Gasteiger partial charge in [0.1, 0.15) is 11.6 Å². The number of fused-ring (bicyclic) bond motifs is 1. The number of nitrogens with two attached hydrogens (primary N) is 1. The van der Waals surface area contributed by atoms with Crippen molar-refractivity contribution in [2.75, 3.05) is 5.73 Å². The molecule has 1 heterocycles. The molecule has 0 atom stereocenters. The van der Waals surface area contributed by atoms with Crippen LogP contribution in [-0.4, -0.2) is 4.98 Å². The minimum absolute atomic E-state index is 0.246. The van der Waals surface area contributed by atoms with Gasteiger partial charge < -0.3 is 5.73 Å². The Labute approximate surface area is 81.6 Å². The SMILES string of the molecule is CCc1ccc(F)c2ccc(N)nc12. The summed E-state index contributed by atoms with van der Waals surface area (Å²) < 4.78 is 13.4. The molecule has 72 valence electrons. The second-order valence-corrected chi connectivity index (χ2v) is 3.19. The summed E-state index contributed by atoms with van der Waals surface area (Å²) in [6.45, 7) is 2.01. The monoisotopic (exact) mass is 190 g/mol. The summed E-state index contributed by atoms with van der Waals surface area (Å²) in [5.74, 6) is 0.183. The summed E-state index contributed by atoms with van der Waals surface area (Å²) in [4.78, 5) is 4.15. The normalized spacial score (nSPS) is 10.7. The number of rotatable bonds is 1. The van der Waals surface area contributed by atoms with Gasteiger partial charge in [-0.3, -0.25) is 0 Å². The lowest BCUT2D eigenvalue weighted by Crippen LogP contribution is -1.94. The first-order valence-electron chi connectivity index (χ1n) is 4.56. The van der Waals surface area contributed by atoms with E-state index >= 15 is 0 Å². The maximum absolute atomic E-state index is 13.4. The lowest BCUT2D eigenvalue weighted by molar-refractivity contribution is 0.639. The highest BCUT2D eigenvalue weighted by Gasteiger charge is 2.05. The predicted molar refractivity (Wildman–Crippen MR) is 55.5 cm³/mol. The van der Waals surface area contributed by atoms with E-state index in [1.807, 2.05) is 6.92 Å². The molecule has 0 fully saturated rings. The Bertz CT molecular complexity index is 480. The highest BCUT2D eigenvalue weighted by molar-refractivity contribution is 5.83. The molecule has 2 N–H and O–H groups in total. The molecule has 0 aliphatic rings. The number of halogens is 1. The molecule has 2 nitrogen and oxygen atoms in total. The Morgan fingerprint density at radius 3 is 2.79 bits per heavy atom. The number of nitrogen functional groups attached to an aromatic ring is 1. The third kappa shape index (κ3) is 1.31. The standard InChI is InChI=1S/C11H11FN2/c1-2-7-3-5-9(12)8-4-6-10(13)14-11(7)8/h3-6H,2H2,1H3,(H2,13,14). The van der Waals surface area contributed by atoms with Crippen LogP contribution in [0.15, 0.2) is 24.3 Å². The molecule has 0 aliphatic carbocycles. The molecule has 0 radical (unpaired) electrons. The van der Waals surface area contributed by atoms with Crippen LogP contribution in [0.4, 0.5) is 10.2 Å². The Kier molecular flexibility index (Phi) is 2.08. The van der Waals surface area contributed by atoms with Gasteiger partial charge in [0.2, 0.25) is 0 Å². The quantitative estimate of drug-likeness (QED) is 0.750. The topological polar surface area (TPSA) is 38.9 Å². The van der Waals surface area contributed by atoms with E-state index in [2.05, 4.69) is 4.98 Å². The first kappa shape index (κ1) is 8.94. The number of hydrogen-bond donors (Lipinski definition) is 1. The average molecular weight is 190 g/mol. The van der Waals surface area contributed by atoms with Crippen molar-refractivity contribution >= 4 is 16.7 Å². The molecule has 0 spiro atoms. The fourth-order valence-corrected chi connectivity index (χ4v) is 1.54. The van der Waals surface area contributed by atoms with Crippen LogP contribution in [0.5, 0.6) is 0 Å². The van der Waals surface area contributed by atoms with Gasteiger partial charge in [-0.25, -0.2) is 9.37 Å². The molecular formula is C11H11FN2. The molecule has 0 bridgehead atoms. The molecule has 2 aromatic rings. The number of pyridine rings is 1. The van der Waals surface area contributed by atoms with Gasteiger partial charge in [-0.2, -0.15) is 0 Å². The number of hydrogen-bond acceptors (Lipinski definition) is 2. The van der Waals surface area contributed by atoms with Crippen molar-refractivity contribution in [2.24, 2.45) is 0 Å². The van der Waals surface area contributed by atoms with Gasteiger partial charge in [-0.05, 0) is 30.2 Å². The largest absolute Gasteiger partial charge is 0.384 e. The fourth-order valence-electron chi connectivity index (χ4n) is 1.54.